The fourth-order valence-corrected chi connectivity index (χ4v) is 1.91. The molecule has 0 radical (unpaired) electrons. The summed E-state index contributed by atoms with van der Waals surface area (Å²) < 4.78 is 4.69. The molecule has 80 valence electrons. The summed E-state index contributed by atoms with van der Waals surface area (Å²) in [6.07, 6.45) is 2.62. The molecule has 4 heteroatoms. The average Bonchev–Trinajstić information content (AvgIpc) is 3.02. The lowest BCUT2D eigenvalue weighted by molar-refractivity contribution is 0.0896. The number of rotatable bonds is 2. The van der Waals surface area contributed by atoms with Gasteiger partial charge in [-0.2, -0.15) is 0 Å². The molecule has 2 fully saturated rings. The molecule has 0 atom stereocenters. The number of hydrogen-bond donors (Lipinski definition) is 0. The van der Waals surface area contributed by atoms with E-state index in [1.165, 1.54) is 26.5 Å². The Morgan fingerprint density at radius 2 is 1.93 bits per heavy atom. The zero-order chi connectivity index (χ0) is 9.97. The summed E-state index contributed by atoms with van der Waals surface area (Å²) in [5.41, 5.74) is 0. The second-order valence-corrected chi connectivity index (χ2v) is 4.20. The Hall–Kier alpha value is -0.770. The molecule has 0 N–H and O–H groups in total. The average molecular weight is 198 g/mol. The first-order chi connectivity index (χ1) is 6.79. The lowest BCUT2D eigenvalue weighted by Crippen LogP contribution is -2.49. The number of piperazine rings is 1. The Labute approximate surface area is 84.8 Å². The summed E-state index contributed by atoms with van der Waals surface area (Å²) in [7, 11) is 1.44. The topological polar surface area (TPSA) is 32.8 Å². The van der Waals surface area contributed by atoms with Crippen LogP contribution in [0, 0.1) is 5.92 Å². The quantitative estimate of drug-likeness (QED) is 0.657. The standard InChI is InChI=1S/C10H18N2O2/c1-14-10(13)12-6-4-11(5-7-12)8-9-2-3-9/h9H,2-8H2,1H3. The molecule has 1 aliphatic carbocycles. The maximum atomic E-state index is 11.2. The molecule has 2 aliphatic rings. The Bertz CT molecular complexity index is 208. The maximum absolute atomic E-state index is 11.2. The van der Waals surface area contributed by atoms with Crippen molar-refractivity contribution in [2.24, 2.45) is 5.92 Å². The van der Waals surface area contributed by atoms with Crippen LogP contribution >= 0.6 is 0 Å². The lowest BCUT2D eigenvalue weighted by Gasteiger charge is -2.33. The molecule has 1 saturated carbocycles. The van der Waals surface area contributed by atoms with Gasteiger partial charge in [-0.3, -0.25) is 4.90 Å². The summed E-state index contributed by atoms with van der Waals surface area (Å²) in [6, 6.07) is 0. The van der Waals surface area contributed by atoms with Gasteiger partial charge in [-0.25, -0.2) is 4.79 Å². The fraction of sp³-hybridized carbons (Fsp3) is 0.900. The second kappa shape index (κ2) is 4.17. The van der Waals surface area contributed by atoms with Crippen molar-refractivity contribution in [1.29, 1.82) is 0 Å². The van der Waals surface area contributed by atoms with Gasteiger partial charge in [0.05, 0.1) is 7.11 Å². The molecule has 4 nitrogen and oxygen atoms in total. The number of carbonyl (C=O) groups excluding carboxylic acids is 1. The van der Waals surface area contributed by atoms with E-state index in [0.717, 1.165) is 32.1 Å². The Morgan fingerprint density at radius 3 is 2.43 bits per heavy atom. The van der Waals surface area contributed by atoms with Crippen LogP contribution < -0.4 is 0 Å². The van der Waals surface area contributed by atoms with Gasteiger partial charge < -0.3 is 9.64 Å². The molecule has 1 heterocycles. The van der Waals surface area contributed by atoms with Gasteiger partial charge >= 0.3 is 6.09 Å². The molecule has 0 unspecified atom stereocenters. The van der Waals surface area contributed by atoms with E-state index in [1.54, 1.807) is 4.90 Å². The minimum Gasteiger partial charge on any atom is -0.453 e. The third-order valence-corrected chi connectivity index (χ3v) is 3.02. The van der Waals surface area contributed by atoms with Crippen LogP contribution in [0.25, 0.3) is 0 Å². The molecular formula is C10H18N2O2. The van der Waals surface area contributed by atoms with Gasteiger partial charge in [0.25, 0.3) is 0 Å². The van der Waals surface area contributed by atoms with Crippen molar-refractivity contribution in [3.05, 3.63) is 0 Å². The third kappa shape index (κ3) is 2.38. The number of carbonyl (C=O) groups is 1. The van der Waals surface area contributed by atoms with E-state index in [0.29, 0.717) is 0 Å². The second-order valence-electron chi connectivity index (χ2n) is 4.20. The third-order valence-electron chi connectivity index (χ3n) is 3.02. The van der Waals surface area contributed by atoms with Crippen LogP contribution in [-0.2, 0) is 4.74 Å². The van der Waals surface area contributed by atoms with E-state index in [1.807, 2.05) is 0 Å². The summed E-state index contributed by atoms with van der Waals surface area (Å²) in [6.45, 7) is 4.88. The maximum Gasteiger partial charge on any atom is 0.409 e. The van der Waals surface area contributed by atoms with Crippen molar-refractivity contribution in [3.8, 4) is 0 Å². The molecule has 0 aromatic rings. The van der Waals surface area contributed by atoms with Crippen LogP contribution in [-0.4, -0.2) is 55.7 Å². The van der Waals surface area contributed by atoms with Crippen molar-refractivity contribution in [2.75, 3.05) is 39.8 Å². The van der Waals surface area contributed by atoms with Gasteiger partial charge in [0.1, 0.15) is 0 Å². The van der Waals surface area contributed by atoms with Crippen LogP contribution in [0.4, 0.5) is 4.79 Å². The Balaban J connectivity index is 1.71. The summed E-state index contributed by atoms with van der Waals surface area (Å²) in [5.74, 6) is 0.944. The van der Waals surface area contributed by atoms with Crippen molar-refractivity contribution >= 4 is 6.09 Å². The molecule has 0 spiro atoms. The Kier molecular flexibility index (Phi) is 2.91. The summed E-state index contributed by atoms with van der Waals surface area (Å²) in [5, 5.41) is 0. The van der Waals surface area contributed by atoms with Crippen molar-refractivity contribution in [3.63, 3.8) is 0 Å². The van der Waals surface area contributed by atoms with Gasteiger partial charge in [0, 0.05) is 32.7 Å². The molecule has 1 saturated heterocycles. The highest BCUT2D eigenvalue weighted by Gasteiger charge is 2.27. The van der Waals surface area contributed by atoms with E-state index in [-0.39, 0.29) is 6.09 Å². The van der Waals surface area contributed by atoms with Crippen LogP contribution in [0.15, 0.2) is 0 Å². The molecule has 14 heavy (non-hydrogen) atoms. The summed E-state index contributed by atoms with van der Waals surface area (Å²) >= 11 is 0. The SMILES string of the molecule is COC(=O)N1CCN(CC2CC2)CC1. The molecular weight excluding hydrogens is 180 g/mol. The minimum atomic E-state index is -0.184. The highest BCUT2D eigenvalue weighted by molar-refractivity contribution is 5.67. The zero-order valence-corrected chi connectivity index (χ0v) is 8.74. The predicted octanol–water partition coefficient (Wildman–Crippen LogP) is 0.780. The zero-order valence-electron chi connectivity index (χ0n) is 8.74. The first-order valence-corrected chi connectivity index (χ1v) is 5.35. The van der Waals surface area contributed by atoms with Crippen LogP contribution in [0.2, 0.25) is 0 Å². The number of amides is 1. The number of hydrogen-bond acceptors (Lipinski definition) is 3. The monoisotopic (exact) mass is 198 g/mol. The predicted molar refractivity (Wildman–Crippen MR) is 53.1 cm³/mol. The van der Waals surface area contributed by atoms with Crippen LogP contribution in [0.5, 0.6) is 0 Å². The molecule has 2 rings (SSSR count). The van der Waals surface area contributed by atoms with Gasteiger partial charge in [0.2, 0.25) is 0 Å². The molecule has 0 aromatic carbocycles. The lowest BCUT2D eigenvalue weighted by atomic mass is 10.3. The Morgan fingerprint density at radius 1 is 1.29 bits per heavy atom. The van der Waals surface area contributed by atoms with Crippen molar-refractivity contribution in [2.45, 2.75) is 12.8 Å². The van der Waals surface area contributed by atoms with Gasteiger partial charge in [-0.1, -0.05) is 0 Å². The van der Waals surface area contributed by atoms with Crippen LogP contribution in [0.1, 0.15) is 12.8 Å². The summed E-state index contributed by atoms with van der Waals surface area (Å²) in [4.78, 5) is 15.4. The van der Waals surface area contributed by atoms with E-state index in [2.05, 4.69) is 9.64 Å². The van der Waals surface area contributed by atoms with Gasteiger partial charge in [-0.15, -0.1) is 0 Å². The number of nitrogens with zero attached hydrogens (tertiary/aromatic N) is 2. The normalized spacial score (nSPS) is 23.6. The first-order valence-electron chi connectivity index (χ1n) is 5.35. The minimum absolute atomic E-state index is 0.184. The molecule has 1 amide bonds. The molecule has 0 aromatic heterocycles. The highest BCUT2D eigenvalue weighted by atomic mass is 16.5. The first kappa shape index (κ1) is 9.77. The van der Waals surface area contributed by atoms with E-state index >= 15 is 0 Å². The van der Waals surface area contributed by atoms with E-state index < -0.39 is 0 Å². The van der Waals surface area contributed by atoms with Gasteiger partial charge in [0.15, 0.2) is 0 Å². The van der Waals surface area contributed by atoms with Crippen molar-refractivity contribution < 1.29 is 9.53 Å². The number of methoxy groups -OCH3 is 1. The van der Waals surface area contributed by atoms with E-state index in [9.17, 15) is 4.79 Å². The van der Waals surface area contributed by atoms with Gasteiger partial charge in [-0.05, 0) is 18.8 Å². The largest absolute Gasteiger partial charge is 0.453 e. The smallest absolute Gasteiger partial charge is 0.409 e. The van der Waals surface area contributed by atoms with E-state index in [4.69, 9.17) is 0 Å². The highest BCUT2D eigenvalue weighted by Crippen LogP contribution is 2.29. The van der Waals surface area contributed by atoms with Crippen molar-refractivity contribution in [1.82, 2.24) is 9.80 Å². The molecule has 0 bridgehead atoms. The fourth-order valence-electron chi connectivity index (χ4n) is 1.91. The molecule has 1 aliphatic heterocycles. The van der Waals surface area contributed by atoms with Crippen LogP contribution in [0.3, 0.4) is 0 Å². The number of ether oxygens (including phenoxy) is 1.